The Balaban J connectivity index is 1.59. The summed E-state index contributed by atoms with van der Waals surface area (Å²) in [6.07, 6.45) is 0. The fourth-order valence-corrected chi connectivity index (χ4v) is 2.43. The lowest BCUT2D eigenvalue weighted by Crippen LogP contribution is -2.20. The number of carbonyl (C=O) groups is 2. The smallest absolute Gasteiger partial charge is 0.337 e. The van der Waals surface area contributed by atoms with E-state index in [1.807, 2.05) is 31.2 Å². The molecule has 0 aliphatic rings. The first-order chi connectivity index (χ1) is 13.6. The van der Waals surface area contributed by atoms with Gasteiger partial charge in [-0.25, -0.2) is 4.79 Å². The van der Waals surface area contributed by atoms with E-state index < -0.39 is 5.97 Å². The summed E-state index contributed by atoms with van der Waals surface area (Å²) in [6, 6.07) is 13.7. The molecule has 0 unspecified atom stereocenters. The number of nitrogens with zero attached hydrogens (tertiary/aromatic N) is 4. The molecule has 0 saturated heterocycles. The number of rotatable bonds is 7. The minimum absolute atomic E-state index is 0.0945. The number of hydrogen-bond donors (Lipinski definition) is 1. The number of tetrazole rings is 1. The van der Waals surface area contributed by atoms with Gasteiger partial charge in [0.2, 0.25) is 11.7 Å². The summed E-state index contributed by atoms with van der Waals surface area (Å²) in [5, 5.41) is 14.8. The fraction of sp³-hybridized carbons (Fsp3) is 0.211. The van der Waals surface area contributed by atoms with E-state index in [-0.39, 0.29) is 12.5 Å². The van der Waals surface area contributed by atoms with E-state index in [0.717, 1.165) is 11.3 Å². The van der Waals surface area contributed by atoms with Crippen LogP contribution in [-0.4, -0.2) is 45.8 Å². The zero-order valence-corrected chi connectivity index (χ0v) is 15.5. The van der Waals surface area contributed by atoms with E-state index in [9.17, 15) is 9.59 Å². The first kappa shape index (κ1) is 19.0. The van der Waals surface area contributed by atoms with Gasteiger partial charge in [-0.15, -0.1) is 10.2 Å². The number of methoxy groups -OCH3 is 1. The lowest BCUT2D eigenvalue weighted by atomic mass is 10.2. The van der Waals surface area contributed by atoms with E-state index in [1.54, 1.807) is 24.3 Å². The molecule has 144 valence electrons. The van der Waals surface area contributed by atoms with Crippen LogP contribution in [0.2, 0.25) is 0 Å². The number of benzene rings is 2. The van der Waals surface area contributed by atoms with Gasteiger partial charge in [-0.3, -0.25) is 4.79 Å². The molecule has 1 amide bonds. The van der Waals surface area contributed by atoms with Crippen LogP contribution in [0.3, 0.4) is 0 Å². The molecule has 9 nitrogen and oxygen atoms in total. The van der Waals surface area contributed by atoms with E-state index in [2.05, 4.69) is 25.5 Å². The van der Waals surface area contributed by atoms with Crippen LogP contribution in [0.4, 0.5) is 5.69 Å². The third kappa shape index (κ3) is 4.70. The van der Waals surface area contributed by atoms with E-state index in [4.69, 9.17) is 4.74 Å². The molecule has 0 atom stereocenters. The van der Waals surface area contributed by atoms with Crippen molar-refractivity contribution in [3.8, 4) is 17.1 Å². The van der Waals surface area contributed by atoms with Gasteiger partial charge in [-0.1, -0.05) is 0 Å². The van der Waals surface area contributed by atoms with Crippen LogP contribution in [0.5, 0.6) is 5.75 Å². The maximum Gasteiger partial charge on any atom is 0.337 e. The number of nitrogens with one attached hydrogen (secondary N) is 1. The first-order valence-electron chi connectivity index (χ1n) is 8.58. The Kier molecular flexibility index (Phi) is 5.95. The molecule has 0 saturated carbocycles. The summed E-state index contributed by atoms with van der Waals surface area (Å²) >= 11 is 0. The third-order valence-corrected chi connectivity index (χ3v) is 3.75. The molecule has 28 heavy (non-hydrogen) atoms. The zero-order valence-electron chi connectivity index (χ0n) is 15.5. The number of hydrogen-bond acceptors (Lipinski definition) is 7. The van der Waals surface area contributed by atoms with Gasteiger partial charge in [0.05, 0.1) is 19.3 Å². The van der Waals surface area contributed by atoms with Gasteiger partial charge in [-0.2, -0.15) is 4.80 Å². The second-order valence-electron chi connectivity index (χ2n) is 5.72. The molecule has 2 aromatic carbocycles. The Morgan fingerprint density at radius 2 is 1.79 bits per heavy atom. The Bertz CT molecular complexity index is 951. The van der Waals surface area contributed by atoms with Gasteiger partial charge < -0.3 is 14.8 Å². The minimum Gasteiger partial charge on any atom is -0.494 e. The first-order valence-corrected chi connectivity index (χ1v) is 8.58. The molecular weight excluding hydrogens is 362 g/mol. The number of anilines is 1. The van der Waals surface area contributed by atoms with Crippen molar-refractivity contribution in [1.29, 1.82) is 0 Å². The molecule has 1 aromatic heterocycles. The van der Waals surface area contributed by atoms with Crippen molar-refractivity contribution in [3.05, 3.63) is 54.1 Å². The lowest BCUT2D eigenvalue weighted by Gasteiger charge is -2.05. The van der Waals surface area contributed by atoms with Crippen LogP contribution < -0.4 is 10.1 Å². The molecule has 0 fully saturated rings. The van der Waals surface area contributed by atoms with Crippen molar-refractivity contribution < 1.29 is 19.1 Å². The van der Waals surface area contributed by atoms with Crippen LogP contribution in [0, 0.1) is 0 Å². The van der Waals surface area contributed by atoms with Crippen molar-refractivity contribution in [2.75, 3.05) is 19.0 Å². The van der Waals surface area contributed by atoms with Crippen molar-refractivity contribution in [2.45, 2.75) is 13.5 Å². The third-order valence-electron chi connectivity index (χ3n) is 3.75. The number of esters is 1. The molecule has 0 aliphatic carbocycles. The summed E-state index contributed by atoms with van der Waals surface area (Å²) in [4.78, 5) is 24.8. The average molecular weight is 381 g/mol. The van der Waals surface area contributed by atoms with Gasteiger partial charge in [0, 0.05) is 11.3 Å². The molecular formula is C19H19N5O4. The van der Waals surface area contributed by atoms with Crippen molar-refractivity contribution in [1.82, 2.24) is 20.2 Å². The van der Waals surface area contributed by atoms with Crippen LogP contribution in [0.1, 0.15) is 17.3 Å². The Labute approximate surface area is 161 Å². The highest BCUT2D eigenvalue weighted by Gasteiger charge is 2.11. The number of aromatic nitrogens is 4. The Morgan fingerprint density at radius 3 is 2.43 bits per heavy atom. The topological polar surface area (TPSA) is 108 Å². The normalized spacial score (nSPS) is 10.4. The maximum absolute atomic E-state index is 12.2. The predicted octanol–water partition coefficient (Wildman–Crippen LogP) is 2.16. The fourth-order valence-electron chi connectivity index (χ4n) is 2.43. The molecule has 1 heterocycles. The Morgan fingerprint density at radius 1 is 1.07 bits per heavy atom. The second-order valence-corrected chi connectivity index (χ2v) is 5.72. The number of amides is 1. The molecule has 3 aromatic rings. The number of ether oxygens (including phenoxy) is 2. The van der Waals surface area contributed by atoms with Gasteiger partial charge >= 0.3 is 5.97 Å². The highest BCUT2D eigenvalue weighted by atomic mass is 16.5. The van der Waals surface area contributed by atoms with E-state index in [0.29, 0.717) is 23.7 Å². The highest BCUT2D eigenvalue weighted by Crippen LogP contribution is 2.18. The second kappa shape index (κ2) is 8.76. The SMILES string of the molecule is CCOc1ccc(-c2nnn(CC(=O)Nc3ccc(C(=O)OC)cc3)n2)cc1. The summed E-state index contributed by atoms with van der Waals surface area (Å²) in [5.41, 5.74) is 1.72. The Hall–Kier alpha value is -3.75. The van der Waals surface area contributed by atoms with E-state index >= 15 is 0 Å². The maximum atomic E-state index is 12.2. The van der Waals surface area contributed by atoms with Crippen molar-refractivity contribution in [2.24, 2.45) is 0 Å². The van der Waals surface area contributed by atoms with Gasteiger partial charge in [0.15, 0.2) is 0 Å². The molecule has 1 N–H and O–H groups in total. The summed E-state index contributed by atoms with van der Waals surface area (Å²) in [7, 11) is 1.31. The summed E-state index contributed by atoms with van der Waals surface area (Å²) in [5.74, 6) is 0.419. The molecule has 0 aliphatic heterocycles. The van der Waals surface area contributed by atoms with Crippen LogP contribution >= 0.6 is 0 Å². The molecule has 0 spiro atoms. The largest absolute Gasteiger partial charge is 0.494 e. The lowest BCUT2D eigenvalue weighted by molar-refractivity contribution is -0.117. The van der Waals surface area contributed by atoms with Crippen molar-refractivity contribution >= 4 is 17.6 Å². The summed E-state index contributed by atoms with van der Waals surface area (Å²) < 4.78 is 10.0. The predicted molar refractivity (Wildman–Crippen MR) is 101 cm³/mol. The monoisotopic (exact) mass is 381 g/mol. The molecule has 9 heteroatoms. The van der Waals surface area contributed by atoms with Crippen molar-refractivity contribution in [3.63, 3.8) is 0 Å². The quantitative estimate of drug-likeness (QED) is 0.625. The highest BCUT2D eigenvalue weighted by molar-refractivity contribution is 5.92. The van der Waals surface area contributed by atoms with Gasteiger partial charge in [0.25, 0.3) is 0 Å². The number of carbonyl (C=O) groups excluding carboxylic acids is 2. The zero-order chi connectivity index (χ0) is 19.9. The van der Waals surface area contributed by atoms with Gasteiger partial charge in [-0.05, 0) is 60.7 Å². The summed E-state index contributed by atoms with van der Waals surface area (Å²) in [6.45, 7) is 2.41. The minimum atomic E-state index is -0.438. The van der Waals surface area contributed by atoms with Gasteiger partial charge in [0.1, 0.15) is 12.3 Å². The van der Waals surface area contributed by atoms with Crippen LogP contribution in [-0.2, 0) is 16.1 Å². The van der Waals surface area contributed by atoms with E-state index in [1.165, 1.54) is 11.9 Å². The average Bonchev–Trinajstić information content (AvgIpc) is 3.17. The molecule has 0 radical (unpaired) electrons. The standard InChI is InChI=1S/C19H19N5O4/c1-3-28-16-10-6-13(7-11-16)18-21-23-24(22-18)12-17(25)20-15-8-4-14(5-9-15)19(26)27-2/h4-11H,3,12H2,1-2H3,(H,20,25). The molecule has 3 rings (SSSR count). The van der Waals surface area contributed by atoms with Crippen LogP contribution in [0.15, 0.2) is 48.5 Å². The van der Waals surface area contributed by atoms with Crippen LogP contribution in [0.25, 0.3) is 11.4 Å². The molecule has 0 bridgehead atoms.